The molecule has 0 bridgehead atoms. The molecular formula is C13H15ClF3N3O2. The van der Waals surface area contributed by atoms with Crippen LogP contribution < -0.4 is 4.90 Å². The van der Waals surface area contributed by atoms with Gasteiger partial charge in [0.1, 0.15) is 11.9 Å². The Kier molecular flexibility index (Phi) is 4.81. The van der Waals surface area contributed by atoms with Crippen LogP contribution in [0.25, 0.3) is 0 Å². The first-order valence-corrected chi connectivity index (χ1v) is 7.02. The van der Waals surface area contributed by atoms with Gasteiger partial charge >= 0.3 is 6.18 Å². The van der Waals surface area contributed by atoms with Gasteiger partial charge in [0.15, 0.2) is 0 Å². The van der Waals surface area contributed by atoms with E-state index in [2.05, 4.69) is 4.98 Å². The van der Waals surface area contributed by atoms with Gasteiger partial charge in [-0.05, 0) is 13.0 Å². The van der Waals surface area contributed by atoms with Crippen LogP contribution in [0.2, 0.25) is 5.02 Å². The van der Waals surface area contributed by atoms with E-state index >= 15 is 0 Å². The summed E-state index contributed by atoms with van der Waals surface area (Å²) in [6.45, 7) is 2.86. The summed E-state index contributed by atoms with van der Waals surface area (Å²) in [5.41, 5.74) is -0.899. The predicted octanol–water partition coefficient (Wildman–Crippen LogP) is 1.78. The number of aromatic nitrogens is 1. The zero-order valence-corrected chi connectivity index (χ0v) is 12.5. The van der Waals surface area contributed by atoms with Gasteiger partial charge in [0, 0.05) is 32.4 Å². The van der Waals surface area contributed by atoms with Crippen molar-refractivity contribution in [3.8, 4) is 0 Å². The molecule has 0 spiro atoms. The highest BCUT2D eigenvalue weighted by Gasteiger charge is 2.32. The molecule has 5 nitrogen and oxygen atoms in total. The maximum atomic E-state index is 12.6. The highest BCUT2D eigenvalue weighted by atomic mass is 35.5. The molecule has 0 radical (unpaired) electrons. The molecule has 1 fully saturated rings. The fourth-order valence-electron chi connectivity index (χ4n) is 2.22. The molecule has 1 unspecified atom stereocenters. The molecule has 1 aromatic heterocycles. The Morgan fingerprint density at radius 3 is 2.41 bits per heavy atom. The summed E-state index contributed by atoms with van der Waals surface area (Å²) < 4.78 is 37.7. The number of aliphatic hydroxyl groups is 1. The zero-order chi connectivity index (χ0) is 16.5. The minimum Gasteiger partial charge on any atom is -0.384 e. The molecule has 9 heteroatoms. The molecule has 0 aromatic carbocycles. The predicted molar refractivity (Wildman–Crippen MR) is 74.7 cm³/mol. The summed E-state index contributed by atoms with van der Waals surface area (Å²) in [7, 11) is 0. The molecule has 22 heavy (non-hydrogen) atoms. The highest BCUT2D eigenvalue weighted by molar-refractivity contribution is 6.33. The largest absolute Gasteiger partial charge is 0.417 e. The summed E-state index contributed by atoms with van der Waals surface area (Å²) in [5, 5.41) is 9.18. The van der Waals surface area contributed by atoms with Gasteiger partial charge < -0.3 is 14.9 Å². The molecule has 0 saturated carbocycles. The average molecular weight is 338 g/mol. The maximum absolute atomic E-state index is 12.6. The van der Waals surface area contributed by atoms with Crippen molar-refractivity contribution in [3.63, 3.8) is 0 Å². The van der Waals surface area contributed by atoms with E-state index in [4.69, 9.17) is 11.6 Å². The van der Waals surface area contributed by atoms with Crippen LogP contribution in [0.5, 0.6) is 0 Å². The quantitative estimate of drug-likeness (QED) is 0.894. The summed E-state index contributed by atoms with van der Waals surface area (Å²) in [5.74, 6) is -0.107. The third-order valence-corrected chi connectivity index (χ3v) is 3.68. The van der Waals surface area contributed by atoms with Crippen molar-refractivity contribution in [2.24, 2.45) is 0 Å². The van der Waals surface area contributed by atoms with E-state index in [1.165, 1.54) is 11.8 Å². The van der Waals surface area contributed by atoms with Crippen molar-refractivity contribution >= 4 is 23.3 Å². The second kappa shape index (κ2) is 6.29. The van der Waals surface area contributed by atoms with Gasteiger partial charge in [0.2, 0.25) is 0 Å². The first-order chi connectivity index (χ1) is 10.2. The Morgan fingerprint density at radius 2 is 1.95 bits per heavy atom. The van der Waals surface area contributed by atoms with Gasteiger partial charge in [-0.15, -0.1) is 0 Å². The van der Waals surface area contributed by atoms with E-state index in [1.807, 2.05) is 0 Å². The number of halogens is 4. The Labute approximate surface area is 130 Å². The van der Waals surface area contributed by atoms with Crippen LogP contribution in [0, 0.1) is 0 Å². The molecule has 1 aliphatic rings. The number of amides is 1. The zero-order valence-electron chi connectivity index (χ0n) is 11.8. The highest BCUT2D eigenvalue weighted by Crippen LogP contribution is 2.33. The van der Waals surface area contributed by atoms with E-state index in [0.29, 0.717) is 26.2 Å². The average Bonchev–Trinajstić information content (AvgIpc) is 2.45. The van der Waals surface area contributed by atoms with Crippen molar-refractivity contribution in [2.45, 2.75) is 19.2 Å². The third kappa shape index (κ3) is 3.61. The molecular weight excluding hydrogens is 323 g/mol. The Bertz CT molecular complexity index is 558. The summed E-state index contributed by atoms with van der Waals surface area (Å²) in [6, 6.07) is 0.844. The van der Waals surface area contributed by atoms with Crippen molar-refractivity contribution in [2.75, 3.05) is 31.1 Å². The molecule has 1 aromatic rings. The van der Waals surface area contributed by atoms with E-state index in [-0.39, 0.29) is 16.7 Å². The van der Waals surface area contributed by atoms with Crippen LogP contribution in [0.3, 0.4) is 0 Å². The van der Waals surface area contributed by atoms with Crippen molar-refractivity contribution in [1.82, 2.24) is 9.88 Å². The summed E-state index contributed by atoms with van der Waals surface area (Å²) >= 11 is 5.89. The Morgan fingerprint density at radius 1 is 1.36 bits per heavy atom. The van der Waals surface area contributed by atoms with Gasteiger partial charge in [-0.25, -0.2) is 4.98 Å². The lowest BCUT2D eigenvalue weighted by atomic mass is 10.2. The van der Waals surface area contributed by atoms with Gasteiger partial charge in [0.05, 0.1) is 10.6 Å². The van der Waals surface area contributed by atoms with Crippen LogP contribution in [-0.4, -0.2) is 53.2 Å². The molecule has 122 valence electrons. The number of anilines is 1. The number of carbonyl (C=O) groups excluding carboxylic acids is 1. The molecule has 0 aliphatic carbocycles. The fraction of sp³-hybridized carbons (Fsp3) is 0.538. The minimum absolute atomic E-state index is 0.0786. The van der Waals surface area contributed by atoms with E-state index in [1.54, 1.807) is 4.90 Å². The third-order valence-electron chi connectivity index (χ3n) is 3.40. The van der Waals surface area contributed by atoms with Crippen LogP contribution in [0.15, 0.2) is 12.3 Å². The summed E-state index contributed by atoms with van der Waals surface area (Å²) in [4.78, 5) is 18.7. The lowest BCUT2D eigenvalue weighted by Gasteiger charge is -2.36. The van der Waals surface area contributed by atoms with E-state index in [9.17, 15) is 23.1 Å². The number of nitrogens with zero attached hydrogens (tertiary/aromatic N) is 3. The van der Waals surface area contributed by atoms with Crippen molar-refractivity contribution in [1.29, 1.82) is 0 Å². The van der Waals surface area contributed by atoms with Gasteiger partial charge in [-0.1, -0.05) is 11.6 Å². The molecule has 1 aliphatic heterocycles. The monoisotopic (exact) mass is 337 g/mol. The Balaban J connectivity index is 2.07. The second-order valence-corrected chi connectivity index (χ2v) is 5.42. The summed E-state index contributed by atoms with van der Waals surface area (Å²) in [6.07, 6.45) is -4.81. The minimum atomic E-state index is -4.49. The number of carbonyl (C=O) groups is 1. The van der Waals surface area contributed by atoms with Gasteiger partial charge in [-0.3, -0.25) is 4.79 Å². The number of pyridine rings is 1. The van der Waals surface area contributed by atoms with Crippen LogP contribution in [0.4, 0.5) is 19.0 Å². The normalized spacial score (nSPS) is 17.5. The molecule has 1 saturated heterocycles. The van der Waals surface area contributed by atoms with E-state index in [0.717, 1.165) is 12.3 Å². The topological polar surface area (TPSA) is 56.7 Å². The second-order valence-electron chi connectivity index (χ2n) is 5.02. The van der Waals surface area contributed by atoms with Gasteiger partial charge in [0.25, 0.3) is 5.91 Å². The number of hydrogen-bond donors (Lipinski definition) is 1. The van der Waals surface area contributed by atoms with Crippen molar-refractivity contribution in [3.05, 3.63) is 22.8 Å². The lowest BCUT2D eigenvalue weighted by molar-refractivity contribution is -0.139. The smallest absolute Gasteiger partial charge is 0.384 e. The van der Waals surface area contributed by atoms with Crippen LogP contribution in [0.1, 0.15) is 12.5 Å². The molecule has 1 N–H and O–H groups in total. The Hall–Kier alpha value is -1.54. The van der Waals surface area contributed by atoms with Crippen molar-refractivity contribution < 1.29 is 23.1 Å². The maximum Gasteiger partial charge on any atom is 0.417 e. The first-order valence-electron chi connectivity index (χ1n) is 6.64. The SMILES string of the molecule is CC(O)C(=O)N1CCN(c2ncc(C(F)(F)F)cc2Cl)CC1. The molecule has 2 rings (SSSR count). The molecule has 2 heterocycles. The molecule has 1 amide bonds. The van der Waals surface area contributed by atoms with Gasteiger partial charge in [-0.2, -0.15) is 13.2 Å². The first kappa shape index (κ1) is 16.8. The fourth-order valence-corrected chi connectivity index (χ4v) is 2.51. The number of piperazine rings is 1. The lowest BCUT2D eigenvalue weighted by Crippen LogP contribution is -2.51. The number of aliphatic hydroxyl groups excluding tert-OH is 1. The number of rotatable bonds is 2. The number of alkyl halides is 3. The van der Waals surface area contributed by atoms with Crippen LogP contribution in [-0.2, 0) is 11.0 Å². The molecule has 1 atom stereocenters. The standard InChI is InChI=1S/C13H15ClF3N3O2/c1-8(21)12(22)20-4-2-19(3-5-20)11-10(14)6-9(7-18-11)13(15,16)17/h6-8,21H,2-5H2,1H3. The number of hydrogen-bond acceptors (Lipinski definition) is 4. The van der Waals surface area contributed by atoms with Crippen LogP contribution >= 0.6 is 11.6 Å². The van der Waals surface area contributed by atoms with E-state index < -0.39 is 17.8 Å².